The maximum Gasteiger partial charge on any atom is 0.222 e. The summed E-state index contributed by atoms with van der Waals surface area (Å²) in [6.45, 7) is 4.92. The first-order valence-corrected chi connectivity index (χ1v) is 8.22. The van der Waals surface area contributed by atoms with E-state index in [1.807, 2.05) is 19.1 Å². The van der Waals surface area contributed by atoms with Gasteiger partial charge in [-0.25, -0.2) is 0 Å². The van der Waals surface area contributed by atoms with E-state index in [0.717, 1.165) is 42.4 Å². The van der Waals surface area contributed by atoms with E-state index in [9.17, 15) is 4.79 Å². The van der Waals surface area contributed by atoms with E-state index >= 15 is 0 Å². The van der Waals surface area contributed by atoms with Crippen molar-refractivity contribution in [2.75, 3.05) is 12.3 Å². The second kappa shape index (κ2) is 6.61. The Morgan fingerprint density at radius 2 is 2.15 bits per heavy atom. The number of amides is 1. The van der Waals surface area contributed by atoms with E-state index in [2.05, 4.69) is 27.8 Å². The quantitative estimate of drug-likeness (QED) is 0.853. The highest BCUT2D eigenvalue weighted by atomic mass is 79.9. The summed E-state index contributed by atoms with van der Waals surface area (Å²) in [5.41, 5.74) is 9.50. The summed E-state index contributed by atoms with van der Waals surface area (Å²) in [7, 11) is 0. The molecular weight excluding hydrogens is 316 g/mol. The molecule has 0 saturated carbocycles. The van der Waals surface area contributed by atoms with Crippen molar-refractivity contribution in [3.05, 3.63) is 27.7 Å². The molecule has 0 bridgehead atoms. The monoisotopic (exact) mass is 338 g/mol. The minimum atomic E-state index is 0.264. The molecule has 1 aromatic carbocycles. The number of benzene rings is 1. The van der Waals surface area contributed by atoms with E-state index in [4.69, 9.17) is 5.73 Å². The van der Waals surface area contributed by atoms with Crippen LogP contribution in [-0.4, -0.2) is 23.4 Å². The highest BCUT2D eigenvalue weighted by Crippen LogP contribution is 2.34. The molecule has 4 heteroatoms. The fourth-order valence-electron chi connectivity index (χ4n) is 3.07. The van der Waals surface area contributed by atoms with E-state index in [-0.39, 0.29) is 5.91 Å². The third kappa shape index (κ3) is 3.00. The largest absolute Gasteiger partial charge is 0.398 e. The van der Waals surface area contributed by atoms with Gasteiger partial charge in [-0.15, -0.1) is 0 Å². The average Bonchev–Trinajstić information content (AvgIpc) is 2.47. The number of halogens is 1. The van der Waals surface area contributed by atoms with Crippen molar-refractivity contribution in [2.24, 2.45) is 0 Å². The molecule has 3 nitrogen and oxygen atoms in total. The van der Waals surface area contributed by atoms with Crippen molar-refractivity contribution >= 4 is 27.5 Å². The van der Waals surface area contributed by atoms with Gasteiger partial charge in [0.25, 0.3) is 0 Å². The van der Waals surface area contributed by atoms with Crippen LogP contribution in [0.25, 0.3) is 0 Å². The molecule has 1 aliphatic rings. The zero-order valence-electron chi connectivity index (χ0n) is 12.3. The smallest absolute Gasteiger partial charge is 0.222 e. The van der Waals surface area contributed by atoms with Gasteiger partial charge in [0.15, 0.2) is 0 Å². The Labute approximate surface area is 129 Å². The number of nitrogens with two attached hydrogens (primary N) is 1. The summed E-state index contributed by atoms with van der Waals surface area (Å²) in [5, 5.41) is 0. The molecule has 2 N–H and O–H groups in total. The molecule has 0 heterocycles. The maximum atomic E-state index is 12.2. The van der Waals surface area contributed by atoms with Gasteiger partial charge in [-0.05, 0) is 48.9 Å². The van der Waals surface area contributed by atoms with E-state index in [1.54, 1.807) is 0 Å². The van der Waals surface area contributed by atoms with Crippen LogP contribution in [0.15, 0.2) is 16.6 Å². The third-order valence-corrected chi connectivity index (χ3v) is 4.85. The van der Waals surface area contributed by atoms with E-state index in [1.165, 1.54) is 11.1 Å². The number of hydrogen-bond donors (Lipinski definition) is 1. The molecule has 1 aliphatic carbocycles. The predicted molar refractivity (Wildman–Crippen MR) is 86.7 cm³/mol. The molecule has 1 unspecified atom stereocenters. The lowest BCUT2D eigenvalue weighted by atomic mass is 9.86. The molecule has 0 aliphatic heterocycles. The van der Waals surface area contributed by atoms with Gasteiger partial charge in [0.1, 0.15) is 0 Å². The minimum Gasteiger partial charge on any atom is -0.398 e. The molecule has 110 valence electrons. The second-order valence-electron chi connectivity index (χ2n) is 5.43. The first-order valence-electron chi connectivity index (χ1n) is 7.43. The summed E-state index contributed by atoms with van der Waals surface area (Å²) in [6, 6.07) is 4.29. The Balaban J connectivity index is 2.25. The topological polar surface area (TPSA) is 46.3 Å². The first-order chi connectivity index (χ1) is 9.58. The molecule has 0 saturated heterocycles. The molecule has 0 spiro atoms. The molecule has 2 rings (SSSR count). The SMILES string of the molecule is CCCN(C(=O)CC)C1CCc2c(N)ccc(Br)c2C1. The maximum absolute atomic E-state index is 12.2. The van der Waals surface area contributed by atoms with Crippen LogP contribution < -0.4 is 5.73 Å². The van der Waals surface area contributed by atoms with Gasteiger partial charge in [0, 0.05) is 29.2 Å². The fraction of sp³-hybridized carbons (Fsp3) is 0.562. The van der Waals surface area contributed by atoms with Crippen LogP contribution in [0.3, 0.4) is 0 Å². The molecular formula is C16H23BrN2O. The minimum absolute atomic E-state index is 0.264. The Kier molecular flexibility index (Phi) is 5.08. The number of carbonyl (C=O) groups is 1. The molecule has 1 amide bonds. The predicted octanol–water partition coefficient (Wildman–Crippen LogP) is 3.54. The molecule has 20 heavy (non-hydrogen) atoms. The molecule has 1 aromatic rings. The van der Waals surface area contributed by atoms with Crippen LogP contribution >= 0.6 is 15.9 Å². The summed E-state index contributed by atoms with van der Waals surface area (Å²) in [4.78, 5) is 14.2. The summed E-state index contributed by atoms with van der Waals surface area (Å²) < 4.78 is 1.12. The molecule has 0 radical (unpaired) electrons. The third-order valence-electron chi connectivity index (χ3n) is 4.11. The van der Waals surface area contributed by atoms with Crippen molar-refractivity contribution < 1.29 is 4.79 Å². The van der Waals surface area contributed by atoms with Crippen molar-refractivity contribution in [3.8, 4) is 0 Å². The van der Waals surface area contributed by atoms with Crippen LogP contribution in [0.5, 0.6) is 0 Å². The number of carbonyl (C=O) groups excluding carboxylic acids is 1. The summed E-state index contributed by atoms with van der Waals surface area (Å²) >= 11 is 3.63. The summed E-state index contributed by atoms with van der Waals surface area (Å²) in [5.74, 6) is 0.264. The number of nitrogens with zero attached hydrogens (tertiary/aromatic N) is 1. The van der Waals surface area contributed by atoms with Gasteiger partial charge in [0.05, 0.1) is 0 Å². The van der Waals surface area contributed by atoms with Gasteiger partial charge < -0.3 is 10.6 Å². The molecule has 0 aromatic heterocycles. The second-order valence-corrected chi connectivity index (χ2v) is 6.29. The average molecular weight is 339 g/mol. The summed E-state index contributed by atoms with van der Waals surface area (Å²) in [6.07, 6.45) is 4.48. The normalized spacial score (nSPS) is 17.6. The van der Waals surface area contributed by atoms with Gasteiger partial charge in [0.2, 0.25) is 5.91 Å². The number of rotatable bonds is 4. The zero-order chi connectivity index (χ0) is 14.7. The van der Waals surface area contributed by atoms with Crippen molar-refractivity contribution in [3.63, 3.8) is 0 Å². The van der Waals surface area contributed by atoms with Crippen LogP contribution in [-0.2, 0) is 17.6 Å². The van der Waals surface area contributed by atoms with Crippen molar-refractivity contribution in [1.29, 1.82) is 0 Å². The molecule has 1 atom stereocenters. The fourth-order valence-corrected chi connectivity index (χ4v) is 3.60. The lowest BCUT2D eigenvalue weighted by Gasteiger charge is -2.36. The standard InChI is InChI=1S/C16H23BrN2O/c1-3-9-19(16(20)4-2)11-5-6-12-13(10-11)14(17)7-8-15(12)18/h7-8,11H,3-6,9-10,18H2,1-2H3. The Hall–Kier alpha value is -1.03. The Morgan fingerprint density at radius 3 is 2.80 bits per heavy atom. The van der Waals surface area contributed by atoms with E-state index < -0.39 is 0 Å². The van der Waals surface area contributed by atoms with Gasteiger partial charge in [-0.2, -0.15) is 0 Å². The Morgan fingerprint density at radius 1 is 1.40 bits per heavy atom. The highest BCUT2D eigenvalue weighted by Gasteiger charge is 2.28. The lowest BCUT2D eigenvalue weighted by molar-refractivity contribution is -0.133. The van der Waals surface area contributed by atoms with Crippen LogP contribution in [0.4, 0.5) is 5.69 Å². The zero-order valence-corrected chi connectivity index (χ0v) is 13.9. The Bertz CT molecular complexity index is 501. The number of anilines is 1. The van der Waals surface area contributed by atoms with Crippen molar-refractivity contribution in [2.45, 2.75) is 52.0 Å². The van der Waals surface area contributed by atoms with Gasteiger partial charge in [-0.3, -0.25) is 4.79 Å². The lowest BCUT2D eigenvalue weighted by Crippen LogP contribution is -2.43. The van der Waals surface area contributed by atoms with Gasteiger partial charge in [-0.1, -0.05) is 29.8 Å². The van der Waals surface area contributed by atoms with Crippen molar-refractivity contribution in [1.82, 2.24) is 4.90 Å². The first kappa shape index (κ1) is 15.4. The van der Waals surface area contributed by atoms with Crippen LogP contribution in [0.2, 0.25) is 0 Å². The number of nitrogen functional groups attached to an aromatic ring is 1. The number of fused-ring (bicyclic) bond motifs is 1. The number of hydrogen-bond acceptors (Lipinski definition) is 2. The van der Waals surface area contributed by atoms with Gasteiger partial charge >= 0.3 is 0 Å². The van der Waals surface area contributed by atoms with Crippen LogP contribution in [0, 0.1) is 0 Å². The highest BCUT2D eigenvalue weighted by molar-refractivity contribution is 9.10. The molecule has 0 fully saturated rings. The van der Waals surface area contributed by atoms with E-state index in [0.29, 0.717) is 12.5 Å². The van der Waals surface area contributed by atoms with Crippen LogP contribution in [0.1, 0.15) is 44.2 Å².